The second-order valence-corrected chi connectivity index (χ2v) is 4.71. The summed E-state index contributed by atoms with van der Waals surface area (Å²) in [7, 11) is 0. The molecule has 2 aliphatic rings. The largest absolute Gasteiger partial charge is 0.382 e. The minimum atomic E-state index is 0.143. The smallest absolute Gasteiger partial charge is 0.239 e. The Bertz CT molecular complexity index is 428. The molecule has 1 saturated carbocycles. The van der Waals surface area contributed by atoms with Crippen molar-refractivity contribution in [1.82, 2.24) is 5.32 Å². The molecule has 90 valence electrons. The Kier molecular flexibility index (Phi) is 2.63. The average Bonchev–Trinajstić information content (AvgIpc) is 3.13. The minimum Gasteiger partial charge on any atom is -0.382 e. The first-order valence-electron chi connectivity index (χ1n) is 6.20. The molecule has 1 fully saturated rings. The Morgan fingerprint density at radius 3 is 3.06 bits per heavy atom. The molecule has 0 atom stereocenters. The van der Waals surface area contributed by atoms with Crippen LogP contribution in [0.25, 0.3) is 0 Å². The number of fused-ring (bicyclic) bond motifs is 1. The van der Waals surface area contributed by atoms with Gasteiger partial charge in [0.1, 0.15) is 0 Å². The van der Waals surface area contributed by atoms with Crippen molar-refractivity contribution in [3.63, 3.8) is 0 Å². The molecular formula is C13H17N3O. The van der Waals surface area contributed by atoms with Crippen LogP contribution in [0.4, 0.5) is 11.4 Å². The first-order chi connectivity index (χ1) is 8.33. The van der Waals surface area contributed by atoms with Gasteiger partial charge in [0.05, 0.1) is 17.9 Å². The van der Waals surface area contributed by atoms with Gasteiger partial charge in [-0.25, -0.2) is 0 Å². The van der Waals surface area contributed by atoms with E-state index in [1.807, 2.05) is 12.1 Å². The van der Waals surface area contributed by atoms with Crippen LogP contribution in [0.5, 0.6) is 0 Å². The van der Waals surface area contributed by atoms with Crippen LogP contribution in [0, 0.1) is 0 Å². The lowest BCUT2D eigenvalue weighted by atomic mass is 10.2. The zero-order valence-electron chi connectivity index (χ0n) is 9.78. The van der Waals surface area contributed by atoms with Crippen molar-refractivity contribution in [2.75, 3.05) is 29.9 Å². The number of para-hydroxylation sites is 2. The fourth-order valence-electron chi connectivity index (χ4n) is 2.18. The Morgan fingerprint density at radius 1 is 1.41 bits per heavy atom. The molecule has 1 aromatic carbocycles. The van der Waals surface area contributed by atoms with Crippen molar-refractivity contribution in [1.29, 1.82) is 0 Å². The van der Waals surface area contributed by atoms with Crippen LogP contribution in [0.15, 0.2) is 24.3 Å². The van der Waals surface area contributed by atoms with Gasteiger partial charge in [-0.15, -0.1) is 0 Å². The van der Waals surface area contributed by atoms with Gasteiger partial charge < -0.3 is 15.5 Å². The molecule has 1 aliphatic heterocycles. The maximum atomic E-state index is 11.8. The van der Waals surface area contributed by atoms with Crippen LogP contribution in [0.1, 0.15) is 12.8 Å². The summed E-state index contributed by atoms with van der Waals surface area (Å²) in [6, 6.07) is 8.59. The predicted octanol–water partition coefficient (Wildman–Crippen LogP) is 1.20. The number of amides is 1. The summed E-state index contributed by atoms with van der Waals surface area (Å²) in [6.07, 6.45) is 2.29. The number of rotatable bonds is 3. The molecule has 1 heterocycles. The van der Waals surface area contributed by atoms with Gasteiger partial charge in [0.25, 0.3) is 0 Å². The summed E-state index contributed by atoms with van der Waals surface area (Å²) >= 11 is 0. The van der Waals surface area contributed by atoms with E-state index in [9.17, 15) is 4.79 Å². The topological polar surface area (TPSA) is 44.4 Å². The van der Waals surface area contributed by atoms with Gasteiger partial charge in [0, 0.05) is 19.1 Å². The molecule has 4 heteroatoms. The molecule has 0 saturated heterocycles. The van der Waals surface area contributed by atoms with Crippen LogP contribution in [0.2, 0.25) is 0 Å². The predicted molar refractivity (Wildman–Crippen MR) is 68.3 cm³/mol. The van der Waals surface area contributed by atoms with Gasteiger partial charge in [0.15, 0.2) is 0 Å². The monoisotopic (exact) mass is 231 g/mol. The third kappa shape index (κ3) is 2.35. The quantitative estimate of drug-likeness (QED) is 0.821. The highest BCUT2D eigenvalue weighted by molar-refractivity contribution is 5.84. The van der Waals surface area contributed by atoms with Gasteiger partial charge in [-0.05, 0) is 25.0 Å². The maximum absolute atomic E-state index is 11.8. The van der Waals surface area contributed by atoms with Crippen LogP contribution in [0.3, 0.4) is 0 Å². The number of hydrogen-bond donors (Lipinski definition) is 2. The molecule has 0 aromatic heterocycles. The molecule has 2 N–H and O–H groups in total. The number of carbonyl (C=O) groups excluding carboxylic acids is 1. The minimum absolute atomic E-state index is 0.143. The number of anilines is 2. The van der Waals surface area contributed by atoms with Gasteiger partial charge >= 0.3 is 0 Å². The van der Waals surface area contributed by atoms with Crippen molar-refractivity contribution < 1.29 is 4.79 Å². The lowest BCUT2D eigenvalue weighted by Crippen LogP contribution is -2.42. The van der Waals surface area contributed by atoms with Crippen molar-refractivity contribution >= 4 is 17.3 Å². The zero-order valence-corrected chi connectivity index (χ0v) is 9.78. The SMILES string of the molecule is O=C(CN1CCNc2ccccc21)NC1CC1. The van der Waals surface area contributed by atoms with E-state index in [-0.39, 0.29) is 5.91 Å². The molecule has 0 radical (unpaired) electrons. The van der Waals surface area contributed by atoms with Crippen molar-refractivity contribution in [3.05, 3.63) is 24.3 Å². The van der Waals surface area contributed by atoms with Gasteiger partial charge in [0.2, 0.25) is 5.91 Å². The molecule has 4 nitrogen and oxygen atoms in total. The molecular weight excluding hydrogens is 214 g/mol. The molecule has 3 rings (SSSR count). The summed E-state index contributed by atoms with van der Waals surface area (Å²) < 4.78 is 0. The van der Waals surface area contributed by atoms with E-state index in [1.54, 1.807) is 0 Å². The Hall–Kier alpha value is -1.71. The van der Waals surface area contributed by atoms with E-state index in [0.29, 0.717) is 12.6 Å². The van der Waals surface area contributed by atoms with Crippen LogP contribution < -0.4 is 15.5 Å². The molecule has 0 spiro atoms. The highest BCUT2D eigenvalue weighted by Crippen LogP contribution is 2.28. The van der Waals surface area contributed by atoms with Crippen LogP contribution >= 0.6 is 0 Å². The average molecular weight is 231 g/mol. The van der Waals surface area contributed by atoms with E-state index in [0.717, 1.165) is 37.3 Å². The molecule has 17 heavy (non-hydrogen) atoms. The fraction of sp³-hybridized carbons (Fsp3) is 0.462. The van der Waals surface area contributed by atoms with Crippen LogP contribution in [-0.2, 0) is 4.79 Å². The third-order valence-corrected chi connectivity index (χ3v) is 3.22. The molecule has 1 amide bonds. The standard InChI is InChI=1S/C13H17N3O/c17-13(15-10-5-6-10)9-16-8-7-14-11-3-1-2-4-12(11)16/h1-4,10,14H,5-9H2,(H,15,17). The lowest BCUT2D eigenvalue weighted by molar-refractivity contribution is -0.119. The second kappa shape index (κ2) is 4.28. The summed E-state index contributed by atoms with van der Waals surface area (Å²) in [6.45, 7) is 2.25. The zero-order chi connectivity index (χ0) is 11.7. The van der Waals surface area contributed by atoms with Crippen LogP contribution in [-0.4, -0.2) is 31.6 Å². The Balaban J connectivity index is 1.69. The van der Waals surface area contributed by atoms with E-state index < -0.39 is 0 Å². The number of nitrogens with zero attached hydrogens (tertiary/aromatic N) is 1. The Labute approximate surface area is 101 Å². The fourth-order valence-corrected chi connectivity index (χ4v) is 2.18. The van der Waals surface area contributed by atoms with Gasteiger partial charge in [-0.3, -0.25) is 4.79 Å². The van der Waals surface area contributed by atoms with Crippen molar-refractivity contribution in [3.8, 4) is 0 Å². The third-order valence-electron chi connectivity index (χ3n) is 3.22. The normalized spacial score (nSPS) is 18.2. The van der Waals surface area contributed by atoms with Crippen molar-refractivity contribution in [2.45, 2.75) is 18.9 Å². The maximum Gasteiger partial charge on any atom is 0.239 e. The van der Waals surface area contributed by atoms with Gasteiger partial charge in [-0.1, -0.05) is 12.1 Å². The Morgan fingerprint density at radius 2 is 2.24 bits per heavy atom. The second-order valence-electron chi connectivity index (χ2n) is 4.71. The first-order valence-corrected chi connectivity index (χ1v) is 6.20. The molecule has 1 aliphatic carbocycles. The van der Waals surface area contributed by atoms with E-state index in [2.05, 4.69) is 27.7 Å². The van der Waals surface area contributed by atoms with E-state index >= 15 is 0 Å². The van der Waals surface area contributed by atoms with Crippen molar-refractivity contribution in [2.24, 2.45) is 0 Å². The number of benzene rings is 1. The molecule has 0 bridgehead atoms. The number of nitrogens with one attached hydrogen (secondary N) is 2. The van der Waals surface area contributed by atoms with E-state index in [4.69, 9.17) is 0 Å². The van der Waals surface area contributed by atoms with E-state index in [1.165, 1.54) is 0 Å². The summed E-state index contributed by atoms with van der Waals surface area (Å²) in [5.74, 6) is 0.143. The first kappa shape index (κ1) is 10.4. The number of carbonyl (C=O) groups is 1. The highest BCUT2D eigenvalue weighted by atomic mass is 16.2. The lowest BCUT2D eigenvalue weighted by Gasteiger charge is -2.31. The summed E-state index contributed by atoms with van der Waals surface area (Å²) in [5, 5.41) is 6.38. The van der Waals surface area contributed by atoms with Gasteiger partial charge in [-0.2, -0.15) is 0 Å². The highest BCUT2D eigenvalue weighted by Gasteiger charge is 2.25. The number of hydrogen-bond acceptors (Lipinski definition) is 3. The molecule has 0 unspecified atom stereocenters. The molecule has 1 aromatic rings. The summed E-state index contributed by atoms with van der Waals surface area (Å²) in [4.78, 5) is 13.9. The summed E-state index contributed by atoms with van der Waals surface area (Å²) in [5.41, 5.74) is 2.25.